The molecule has 0 saturated carbocycles. The van der Waals surface area contributed by atoms with Gasteiger partial charge in [-0.05, 0) is 20.3 Å². The Hall–Kier alpha value is -1.65. The van der Waals surface area contributed by atoms with Crippen molar-refractivity contribution in [1.29, 1.82) is 0 Å². The van der Waals surface area contributed by atoms with Crippen molar-refractivity contribution in [2.24, 2.45) is 0 Å². The number of nitrogens with zero attached hydrogens (tertiary/aromatic N) is 3. The summed E-state index contributed by atoms with van der Waals surface area (Å²) in [4.78, 5) is 22.0. The van der Waals surface area contributed by atoms with Gasteiger partial charge in [-0.25, -0.2) is 9.97 Å². The average molecular weight is 250 g/mol. The molecule has 18 heavy (non-hydrogen) atoms. The van der Waals surface area contributed by atoms with E-state index >= 15 is 0 Å². The van der Waals surface area contributed by atoms with Crippen molar-refractivity contribution >= 4 is 11.7 Å². The molecule has 1 aromatic heterocycles. The summed E-state index contributed by atoms with van der Waals surface area (Å²) >= 11 is 0. The van der Waals surface area contributed by atoms with Crippen LogP contribution in [-0.2, 0) is 11.2 Å². The van der Waals surface area contributed by atoms with E-state index in [2.05, 4.69) is 22.2 Å². The van der Waals surface area contributed by atoms with Crippen LogP contribution in [-0.4, -0.2) is 40.9 Å². The molecule has 0 saturated heterocycles. The predicted octanol–water partition coefficient (Wildman–Crippen LogP) is 1.63. The zero-order chi connectivity index (χ0) is 13.7. The van der Waals surface area contributed by atoms with Gasteiger partial charge in [-0.2, -0.15) is 0 Å². The molecule has 0 radical (unpaired) electrons. The van der Waals surface area contributed by atoms with Gasteiger partial charge in [-0.1, -0.05) is 13.3 Å². The number of rotatable bonds is 5. The van der Waals surface area contributed by atoms with Gasteiger partial charge in [-0.15, -0.1) is 0 Å². The number of likely N-dealkylation sites (N-methyl/N-ethyl adjacent to an activating group) is 1. The number of carbonyl (C=O) groups is 1. The number of hydrogen-bond acceptors (Lipinski definition) is 4. The molecule has 0 aliphatic rings. The Balaban J connectivity index is 2.80. The van der Waals surface area contributed by atoms with Crippen LogP contribution in [0.2, 0.25) is 0 Å². The largest absolute Gasteiger partial charge is 0.359 e. The van der Waals surface area contributed by atoms with Crippen LogP contribution in [0.1, 0.15) is 31.8 Å². The topological polar surface area (TPSA) is 58.1 Å². The first kappa shape index (κ1) is 14.4. The Kier molecular flexibility index (Phi) is 5.07. The van der Waals surface area contributed by atoms with Gasteiger partial charge in [0.05, 0.1) is 0 Å². The predicted molar refractivity (Wildman–Crippen MR) is 72.5 cm³/mol. The quantitative estimate of drug-likeness (QED) is 0.863. The lowest BCUT2D eigenvalue weighted by molar-refractivity contribution is -0.129. The number of amides is 1. The number of anilines is 1. The van der Waals surface area contributed by atoms with E-state index in [-0.39, 0.29) is 11.9 Å². The monoisotopic (exact) mass is 250 g/mol. The maximum atomic E-state index is 11.8. The van der Waals surface area contributed by atoms with Crippen molar-refractivity contribution in [1.82, 2.24) is 14.9 Å². The highest BCUT2D eigenvalue weighted by atomic mass is 16.2. The number of carbonyl (C=O) groups excluding carboxylic acids is 1. The second-order valence-corrected chi connectivity index (χ2v) is 4.64. The summed E-state index contributed by atoms with van der Waals surface area (Å²) in [6.45, 7) is 5.81. The third kappa shape index (κ3) is 3.98. The first-order chi connectivity index (χ1) is 8.43. The Morgan fingerprint density at radius 2 is 2.11 bits per heavy atom. The fourth-order valence-corrected chi connectivity index (χ4v) is 1.76. The van der Waals surface area contributed by atoms with Gasteiger partial charge in [0, 0.05) is 25.9 Å². The van der Waals surface area contributed by atoms with Crippen molar-refractivity contribution in [3.63, 3.8) is 0 Å². The number of aryl methyl sites for hydroxylation is 2. The van der Waals surface area contributed by atoms with Gasteiger partial charge in [0.1, 0.15) is 17.7 Å². The zero-order valence-corrected chi connectivity index (χ0v) is 11.8. The molecule has 5 nitrogen and oxygen atoms in total. The molecular weight excluding hydrogens is 228 g/mol. The Morgan fingerprint density at radius 1 is 1.44 bits per heavy atom. The number of hydrogen-bond donors (Lipinski definition) is 1. The fraction of sp³-hybridized carbons (Fsp3) is 0.615. The molecule has 1 N–H and O–H groups in total. The highest BCUT2D eigenvalue weighted by Crippen LogP contribution is 2.10. The minimum atomic E-state index is -0.288. The smallest absolute Gasteiger partial charge is 0.244 e. The molecule has 1 rings (SSSR count). The highest BCUT2D eigenvalue weighted by Gasteiger charge is 2.15. The van der Waals surface area contributed by atoms with Crippen molar-refractivity contribution in [3.8, 4) is 0 Å². The van der Waals surface area contributed by atoms with Gasteiger partial charge in [0.25, 0.3) is 0 Å². The standard InChI is InChI=1S/C13H22N4O/c1-6-7-11-8-12(16-10(3)15-11)14-9(2)13(18)17(4)5/h8-9H,6-7H2,1-5H3,(H,14,15,16). The van der Waals surface area contributed by atoms with Crippen LogP contribution in [0.15, 0.2) is 6.07 Å². The number of nitrogens with one attached hydrogen (secondary N) is 1. The third-order valence-corrected chi connectivity index (χ3v) is 2.57. The third-order valence-electron chi connectivity index (χ3n) is 2.57. The Labute approximate surface area is 109 Å². The Bertz CT molecular complexity index is 417. The maximum absolute atomic E-state index is 11.8. The first-order valence-corrected chi connectivity index (χ1v) is 6.26. The van der Waals surface area contributed by atoms with E-state index in [1.165, 1.54) is 0 Å². The van der Waals surface area contributed by atoms with Crippen molar-refractivity contribution in [3.05, 3.63) is 17.6 Å². The van der Waals surface area contributed by atoms with E-state index in [0.29, 0.717) is 5.82 Å². The molecule has 1 amide bonds. The van der Waals surface area contributed by atoms with Crippen LogP contribution in [0.5, 0.6) is 0 Å². The molecule has 0 bridgehead atoms. The molecule has 0 fully saturated rings. The van der Waals surface area contributed by atoms with Gasteiger partial charge >= 0.3 is 0 Å². The summed E-state index contributed by atoms with van der Waals surface area (Å²) in [7, 11) is 3.49. The molecule has 1 heterocycles. The zero-order valence-electron chi connectivity index (χ0n) is 11.8. The molecule has 0 aliphatic carbocycles. The molecule has 0 spiro atoms. The van der Waals surface area contributed by atoms with E-state index in [1.807, 2.05) is 19.9 Å². The van der Waals surface area contributed by atoms with Crippen LogP contribution in [0, 0.1) is 6.92 Å². The van der Waals surface area contributed by atoms with Crippen molar-refractivity contribution in [2.75, 3.05) is 19.4 Å². The lowest BCUT2D eigenvalue weighted by atomic mass is 10.2. The Morgan fingerprint density at radius 3 is 2.67 bits per heavy atom. The summed E-state index contributed by atoms with van der Waals surface area (Å²) in [6, 6.07) is 1.62. The lowest BCUT2D eigenvalue weighted by Crippen LogP contribution is -2.36. The molecule has 5 heteroatoms. The second kappa shape index (κ2) is 6.33. The fourth-order valence-electron chi connectivity index (χ4n) is 1.76. The van der Waals surface area contributed by atoms with E-state index in [1.54, 1.807) is 19.0 Å². The van der Waals surface area contributed by atoms with Crippen LogP contribution >= 0.6 is 0 Å². The summed E-state index contributed by atoms with van der Waals surface area (Å²) in [6.07, 6.45) is 1.97. The minimum absolute atomic E-state index is 0.0308. The van der Waals surface area contributed by atoms with Crippen LogP contribution < -0.4 is 5.32 Å². The molecule has 100 valence electrons. The molecule has 0 aliphatic heterocycles. The van der Waals surface area contributed by atoms with E-state index < -0.39 is 0 Å². The van der Waals surface area contributed by atoms with Crippen molar-refractivity contribution in [2.45, 2.75) is 39.7 Å². The first-order valence-electron chi connectivity index (χ1n) is 6.26. The summed E-state index contributed by atoms with van der Waals surface area (Å²) < 4.78 is 0. The van der Waals surface area contributed by atoms with Crippen molar-refractivity contribution < 1.29 is 4.79 Å². The molecule has 1 unspecified atom stereocenters. The van der Waals surface area contributed by atoms with Gasteiger partial charge in [0.2, 0.25) is 5.91 Å². The van der Waals surface area contributed by atoms with E-state index in [0.717, 1.165) is 24.4 Å². The van der Waals surface area contributed by atoms with Crippen LogP contribution in [0.3, 0.4) is 0 Å². The lowest BCUT2D eigenvalue weighted by Gasteiger charge is -2.18. The summed E-state index contributed by atoms with van der Waals surface area (Å²) in [5, 5.41) is 3.12. The minimum Gasteiger partial charge on any atom is -0.359 e. The number of aromatic nitrogens is 2. The van der Waals surface area contributed by atoms with E-state index in [4.69, 9.17) is 0 Å². The molecule has 1 atom stereocenters. The second-order valence-electron chi connectivity index (χ2n) is 4.64. The normalized spacial score (nSPS) is 12.1. The summed E-state index contributed by atoms with van der Waals surface area (Å²) in [5.74, 6) is 1.48. The molecular formula is C13H22N4O. The van der Waals surface area contributed by atoms with E-state index in [9.17, 15) is 4.79 Å². The van der Waals surface area contributed by atoms with Crippen LogP contribution in [0.25, 0.3) is 0 Å². The average Bonchev–Trinajstić information content (AvgIpc) is 2.27. The molecule has 1 aromatic rings. The van der Waals surface area contributed by atoms with Gasteiger partial charge < -0.3 is 10.2 Å². The van der Waals surface area contributed by atoms with Gasteiger partial charge in [0.15, 0.2) is 0 Å². The molecule has 0 aromatic carbocycles. The van der Waals surface area contributed by atoms with Gasteiger partial charge in [-0.3, -0.25) is 4.79 Å². The SMILES string of the molecule is CCCc1cc(NC(C)C(=O)N(C)C)nc(C)n1. The highest BCUT2D eigenvalue weighted by molar-refractivity contribution is 5.83. The van der Waals surface area contributed by atoms with Crippen LogP contribution in [0.4, 0.5) is 5.82 Å². The maximum Gasteiger partial charge on any atom is 0.244 e. The summed E-state index contributed by atoms with van der Waals surface area (Å²) in [5.41, 5.74) is 1.01.